The third kappa shape index (κ3) is 2.74. The molecule has 0 radical (unpaired) electrons. The molecule has 0 bridgehead atoms. The summed E-state index contributed by atoms with van der Waals surface area (Å²) in [5.74, 6) is 1.10. The third-order valence-corrected chi connectivity index (χ3v) is 2.68. The number of benzene rings is 1. The number of likely N-dealkylation sites (N-methyl/N-ethyl adjacent to an activating group) is 1. The third-order valence-electron chi connectivity index (χ3n) is 2.09. The van der Waals surface area contributed by atoms with Gasteiger partial charge in [0.2, 0.25) is 0 Å². The molecule has 0 aromatic heterocycles. The topological polar surface area (TPSA) is 47.6 Å². The maximum absolute atomic E-state index is 11.8. The number of carbonyl (C=O) groups is 1. The Morgan fingerprint density at radius 2 is 2.06 bits per heavy atom. The van der Waals surface area contributed by atoms with E-state index in [0.717, 1.165) is 0 Å². The van der Waals surface area contributed by atoms with Crippen LogP contribution in [-0.4, -0.2) is 33.6 Å². The molecular weight excluding hydrogens is 274 g/mol. The van der Waals surface area contributed by atoms with Crippen LogP contribution in [0, 0.1) is 0 Å². The molecule has 1 N–H and O–H groups in total. The molecule has 0 heterocycles. The predicted molar refractivity (Wildman–Crippen MR) is 65.5 cm³/mol. The van der Waals surface area contributed by atoms with E-state index >= 15 is 0 Å². The van der Waals surface area contributed by atoms with E-state index in [1.54, 1.807) is 26.3 Å². The summed E-state index contributed by atoms with van der Waals surface area (Å²) in [6, 6.07) is 3.43. The monoisotopic (exact) mass is 287 g/mol. The molecule has 0 aliphatic carbocycles. The Hall–Kier alpha value is -1.07. The minimum atomic E-state index is -0.0426. The van der Waals surface area contributed by atoms with Crippen molar-refractivity contribution in [2.24, 2.45) is 0 Å². The maximum Gasteiger partial charge on any atom is 0.180 e. The lowest BCUT2D eigenvalue weighted by Crippen LogP contribution is -2.19. The summed E-state index contributed by atoms with van der Waals surface area (Å²) in [5.41, 5.74) is 0.503. The fourth-order valence-corrected chi connectivity index (χ4v) is 1.96. The van der Waals surface area contributed by atoms with Gasteiger partial charge in [0.15, 0.2) is 5.78 Å². The van der Waals surface area contributed by atoms with Gasteiger partial charge in [-0.3, -0.25) is 4.79 Å². The lowest BCUT2D eigenvalue weighted by Gasteiger charge is -2.11. The number of hydrogen-bond donors (Lipinski definition) is 1. The van der Waals surface area contributed by atoms with Gasteiger partial charge in [0.25, 0.3) is 0 Å². The molecule has 1 aromatic rings. The predicted octanol–water partition coefficient (Wildman–Crippen LogP) is 1.87. The van der Waals surface area contributed by atoms with Crippen molar-refractivity contribution in [3.05, 3.63) is 22.2 Å². The van der Waals surface area contributed by atoms with Crippen LogP contribution in [0.4, 0.5) is 0 Å². The standard InChI is InChI=1S/C11H14BrNO3/c1-13-6-10(14)8-4-7(15-2)5-9(12)11(8)16-3/h4-5,13H,6H2,1-3H3. The number of ether oxygens (including phenoxy) is 2. The van der Waals surface area contributed by atoms with Gasteiger partial charge < -0.3 is 14.8 Å². The van der Waals surface area contributed by atoms with Crippen LogP contribution in [-0.2, 0) is 0 Å². The van der Waals surface area contributed by atoms with Crippen LogP contribution in [0.25, 0.3) is 0 Å². The van der Waals surface area contributed by atoms with Crippen LogP contribution in [0.5, 0.6) is 11.5 Å². The van der Waals surface area contributed by atoms with Crippen molar-refractivity contribution in [3.63, 3.8) is 0 Å². The highest BCUT2D eigenvalue weighted by Gasteiger charge is 2.16. The second-order valence-electron chi connectivity index (χ2n) is 3.14. The summed E-state index contributed by atoms with van der Waals surface area (Å²) < 4.78 is 11.0. The summed E-state index contributed by atoms with van der Waals surface area (Å²) >= 11 is 3.34. The number of methoxy groups -OCH3 is 2. The van der Waals surface area contributed by atoms with Crippen molar-refractivity contribution in [3.8, 4) is 11.5 Å². The molecule has 4 nitrogen and oxygen atoms in total. The fourth-order valence-electron chi connectivity index (χ4n) is 1.36. The van der Waals surface area contributed by atoms with E-state index in [0.29, 0.717) is 21.5 Å². The molecular formula is C11H14BrNO3. The van der Waals surface area contributed by atoms with Gasteiger partial charge in [-0.05, 0) is 35.1 Å². The second-order valence-corrected chi connectivity index (χ2v) is 4.00. The zero-order chi connectivity index (χ0) is 12.1. The second kappa shape index (κ2) is 5.86. The zero-order valence-electron chi connectivity index (χ0n) is 9.46. The first-order valence-corrected chi connectivity index (χ1v) is 5.52. The Bertz CT molecular complexity index is 393. The van der Waals surface area contributed by atoms with Gasteiger partial charge in [0, 0.05) is 0 Å². The largest absolute Gasteiger partial charge is 0.497 e. The van der Waals surface area contributed by atoms with Crippen molar-refractivity contribution in [1.82, 2.24) is 5.32 Å². The van der Waals surface area contributed by atoms with Gasteiger partial charge in [-0.1, -0.05) is 0 Å². The van der Waals surface area contributed by atoms with E-state index in [1.807, 2.05) is 0 Å². The van der Waals surface area contributed by atoms with Gasteiger partial charge in [-0.15, -0.1) is 0 Å². The average Bonchev–Trinajstić information content (AvgIpc) is 2.28. The smallest absolute Gasteiger partial charge is 0.180 e. The van der Waals surface area contributed by atoms with Gasteiger partial charge >= 0.3 is 0 Å². The Kier molecular flexibility index (Phi) is 4.76. The van der Waals surface area contributed by atoms with Crippen molar-refractivity contribution in [2.45, 2.75) is 0 Å². The van der Waals surface area contributed by atoms with E-state index in [1.165, 1.54) is 7.11 Å². The van der Waals surface area contributed by atoms with Crippen LogP contribution >= 0.6 is 15.9 Å². The lowest BCUT2D eigenvalue weighted by molar-refractivity contribution is 0.0990. The van der Waals surface area contributed by atoms with E-state index in [4.69, 9.17) is 9.47 Å². The maximum atomic E-state index is 11.8. The first kappa shape index (κ1) is 13.0. The fraction of sp³-hybridized carbons (Fsp3) is 0.364. The molecule has 0 aliphatic rings. The number of rotatable bonds is 5. The summed E-state index contributed by atoms with van der Waals surface area (Å²) in [5, 5.41) is 2.81. The van der Waals surface area contributed by atoms with Crippen LogP contribution in [0.15, 0.2) is 16.6 Å². The summed E-state index contributed by atoms with van der Waals surface area (Å²) in [4.78, 5) is 11.8. The highest BCUT2D eigenvalue weighted by Crippen LogP contribution is 2.33. The molecule has 0 atom stereocenters. The summed E-state index contributed by atoms with van der Waals surface area (Å²) in [6.45, 7) is 0.260. The average molecular weight is 288 g/mol. The molecule has 0 aliphatic heterocycles. The molecule has 0 spiro atoms. The number of nitrogens with one attached hydrogen (secondary N) is 1. The van der Waals surface area contributed by atoms with E-state index < -0.39 is 0 Å². The van der Waals surface area contributed by atoms with Crippen LogP contribution < -0.4 is 14.8 Å². The molecule has 0 saturated carbocycles. The van der Waals surface area contributed by atoms with Crippen LogP contribution in [0.2, 0.25) is 0 Å². The van der Waals surface area contributed by atoms with Gasteiger partial charge in [-0.2, -0.15) is 0 Å². The molecule has 0 fully saturated rings. The van der Waals surface area contributed by atoms with Crippen molar-refractivity contribution < 1.29 is 14.3 Å². The molecule has 0 unspecified atom stereocenters. The molecule has 16 heavy (non-hydrogen) atoms. The van der Waals surface area contributed by atoms with Gasteiger partial charge in [-0.25, -0.2) is 0 Å². The number of ketones is 1. The van der Waals surface area contributed by atoms with Crippen molar-refractivity contribution in [1.29, 1.82) is 0 Å². The lowest BCUT2D eigenvalue weighted by atomic mass is 10.1. The molecule has 0 saturated heterocycles. The first-order chi connectivity index (χ1) is 7.63. The molecule has 88 valence electrons. The number of halogens is 1. The normalized spacial score (nSPS) is 10.0. The highest BCUT2D eigenvalue weighted by molar-refractivity contribution is 9.10. The van der Waals surface area contributed by atoms with Crippen LogP contribution in [0.1, 0.15) is 10.4 Å². The number of Topliss-reactive ketones (excluding diaryl/α,β-unsaturated/α-hetero) is 1. The van der Waals surface area contributed by atoms with Crippen molar-refractivity contribution in [2.75, 3.05) is 27.8 Å². The number of carbonyl (C=O) groups excluding carboxylic acids is 1. The summed E-state index contributed by atoms with van der Waals surface area (Å²) in [7, 11) is 4.81. The highest BCUT2D eigenvalue weighted by atomic mass is 79.9. The molecule has 1 aromatic carbocycles. The Morgan fingerprint density at radius 3 is 2.56 bits per heavy atom. The molecule has 1 rings (SSSR count). The van der Waals surface area contributed by atoms with E-state index in [9.17, 15) is 4.79 Å². The Balaban J connectivity index is 3.22. The number of hydrogen-bond acceptors (Lipinski definition) is 4. The molecule has 5 heteroatoms. The SMILES string of the molecule is CNCC(=O)c1cc(OC)cc(Br)c1OC. The Morgan fingerprint density at radius 1 is 1.38 bits per heavy atom. The van der Waals surface area contributed by atoms with Crippen molar-refractivity contribution >= 4 is 21.7 Å². The van der Waals surface area contributed by atoms with Gasteiger partial charge in [0.1, 0.15) is 11.5 Å². The minimum absolute atomic E-state index is 0.0426. The molecule has 0 amide bonds. The minimum Gasteiger partial charge on any atom is -0.497 e. The van der Waals surface area contributed by atoms with E-state index in [2.05, 4.69) is 21.2 Å². The Labute approximate surface area is 103 Å². The zero-order valence-corrected chi connectivity index (χ0v) is 11.1. The van der Waals surface area contributed by atoms with Crippen LogP contribution in [0.3, 0.4) is 0 Å². The van der Waals surface area contributed by atoms with Gasteiger partial charge in [0.05, 0.1) is 30.8 Å². The quantitative estimate of drug-likeness (QED) is 0.840. The first-order valence-electron chi connectivity index (χ1n) is 4.73. The van der Waals surface area contributed by atoms with E-state index in [-0.39, 0.29) is 12.3 Å². The summed E-state index contributed by atoms with van der Waals surface area (Å²) in [6.07, 6.45) is 0.